The van der Waals surface area contributed by atoms with Crippen LogP contribution >= 0.6 is 0 Å². The van der Waals surface area contributed by atoms with Gasteiger partial charge in [0.15, 0.2) is 0 Å². The van der Waals surface area contributed by atoms with Crippen LogP contribution in [0.1, 0.15) is 0 Å². The Kier molecular flexibility index (Phi) is 7.45. The number of ether oxygens (including phenoxy) is 3. The molecule has 0 aromatic heterocycles. The van der Waals surface area contributed by atoms with E-state index in [1.165, 1.54) is 4.74 Å². The molecule has 0 radical (unpaired) electrons. The Morgan fingerprint density at radius 3 is 0.875 bits per heavy atom. The van der Waals surface area contributed by atoms with Crippen molar-refractivity contribution < 1.29 is 97.6 Å². The smallest absolute Gasteiger partial charge is 0.317 e. The standard InChI is InChI=1S/C10H3F19O3/c1-30-9(26,27)10(28,29)32-7(22,23)4(15,16)2(11,12)3(13,14)6(20,21)31-8(24,25)5(17,18)19/h1H3. The first-order valence-electron chi connectivity index (χ1n) is 6.52. The molecule has 0 aliphatic rings. The second-order valence-corrected chi connectivity index (χ2v) is 5.21. The fourth-order valence-corrected chi connectivity index (χ4v) is 1.25. The van der Waals surface area contributed by atoms with Crippen molar-refractivity contribution in [1.82, 2.24) is 0 Å². The zero-order chi connectivity index (χ0) is 26.6. The normalized spacial score (nSPS) is 16.5. The van der Waals surface area contributed by atoms with Gasteiger partial charge in [-0.15, -0.1) is 0 Å². The predicted octanol–water partition coefficient (Wildman–Crippen LogP) is 6.10. The van der Waals surface area contributed by atoms with Gasteiger partial charge in [-0.05, 0) is 0 Å². The van der Waals surface area contributed by atoms with E-state index in [1.54, 1.807) is 0 Å². The fraction of sp³-hybridized carbons (Fsp3) is 1.00. The van der Waals surface area contributed by atoms with Gasteiger partial charge in [0.2, 0.25) is 0 Å². The Hall–Kier alpha value is -1.45. The topological polar surface area (TPSA) is 27.7 Å². The highest BCUT2D eigenvalue weighted by Crippen LogP contribution is 2.60. The van der Waals surface area contributed by atoms with E-state index in [9.17, 15) is 83.4 Å². The molecule has 22 heteroatoms. The lowest BCUT2D eigenvalue weighted by Gasteiger charge is -2.40. The van der Waals surface area contributed by atoms with Crippen LogP contribution in [0.4, 0.5) is 83.4 Å². The Bertz CT molecular complexity index is 665. The van der Waals surface area contributed by atoms with Gasteiger partial charge in [-0.1, -0.05) is 0 Å². The highest BCUT2D eigenvalue weighted by Gasteiger charge is 2.90. The van der Waals surface area contributed by atoms with Gasteiger partial charge in [0.25, 0.3) is 0 Å². The van der Waals surface area contributed by atoms with Crippen LogP contribution in [0.2, 0.25) is 0 Å². The van der Waals surface area contributed by atoms with E-state index >= 15 is 0 Å². The number of alkyl halides is 19. The largest absolute Gasteiger partial charge is 0.483 e. The first-order valence-corrected chi connectivity index (χ1v) is 6.52. The molecule has 0 aliphatic heterocycles. The average Bonchev–Trinajstić information content (AvgIpc) is 2.50. The van der Waals surface area contributed by atoms with Crippen LogP contribution in [0.5, 0.6) is 0 Å². The zero-order valence-corrected chi connectivity index (χ0v) is 13.9. The molecule has 32 heavy (non-hydrogen) atoms. The van der Waals surface area contributed by atoms with Crippen LogP contribution in [0, 0.1) is 0 Å². The number of methoxy groups -OCH3 is 1. The monoisotopic (exact) mass is 532 g/mol. The van der Waals surface area contributed by atoms with Crippen LogP contribution in [-0.4, -0.2) is 61.6 Å². The van der Waals surface area contributed by atoms with Crippen molar-refractivity contribution in [2.45, 2.75) is 54.5 Å². The van der Waals surface area contributed by atoms with Crippen LogP contribution < -0.4 is 0 Å². The number of hydrogen-bond acceptors (Lipinski definition) is 3. The molecule has 0 N–H and O–H groups in total. The van der Waals surface area contributed by atoms with Gasteiger partial charge in [0.1, 0.15) is 0 Å². The lowest BCUT2D eigenvalue weighted by atomic mass is 10.0. The van der Waals surface area contributed by atoms with Crippen LogP contribution in [-0.2, 0) is 14.2 Å². The van der Waals surface area contributed by atoms with E-state index in [1.807, 2.05) is 0 Å². The maximum absolute atomic E-state index is 13.2. The maximum atomic E-state index is 13.2. The molecule has 3 nitrogen and oxygen atoms in total. The van der Waals surface area contributed by atoms with Crippen molar-refractivity contribution in [2.24, 2.45) is 0 Å². The van der Waals surface area contributed by atoms with Gasteiger partial charge in [0.05, 0.1) is 0 Å². The third-order valence-electron chi connectivity index (χ3n) is 2.96. The third-order valence-corrected chi connectivity index (χ3v) is 2.96. The van der Waals surface area contributed by atoms with Crippen LogP contribution in [0.25, 0.3) is 0 Å². The second kappa shape index (κ2) is 7.81. The van der Waals surface area contributed by atoms with Gasteiger partial charge in [-0.3, -0.25) is 0 Å². The van der Waals surface area contributed by atoms with E-state index < -0.39 is 61.6 Å². The van der Waals surface area contributed by atoms with Crippen molar-refractivity contribution in [3.8, 4) is 0 Å². The minimum absolute atomic E-state index is 0.435. The number of hydrogen-bond donors (Lipinski definition) is 0. The minimum Gasteiger partial charge on any atom is -0.317 e. The van der Waals surface area contributed by atoms with Crippen molar-refractivity contribution in [3.63, 3.8) is 0 Å². The molecule has 0 spiro atoms. The summed E-state index contributed by atoms with van der Waals surface area (Å²) >= 11 is 0. The maximum Gasteiger partial charge on any atom is 0.483 e. The molecule has 0 heterocycles. The summed E-state index contributed by atoms with van der Waals surface area (Å²) in [5, 5.41) is 0. The summed E-state index contributed by atoms with van der Waals surface area (Å²) in [4.78, 5) is 0. The SMILES string of the molecule is COC(F)(F)C(F)(F)OC(F)(F)C(F)(F)C(F)(F)C(F)(F)C(F)(F)OC(F)(F)C(F)(F)F. The molecule has 0 aromatic carbocycles. The Balaban J connectivity index is 6.38. The zero-order valence-electron chi connectivity index (χ0n) is 13.9. The van der Waals surface area contributed by atoms with Gasteiger partial charge in [-0.25, -0.2) is 9.47 Å². The molecule has 0 bridgehead atoms. The molecule has 0 atom stereocenters. The Morgan fingerprint density at radius 2 is 0.625 bits per heavy atom. The van der Waals surface area contributed by atoms with Crippen molar-refractivity contribution >= 4 is 0 Å². The molecule has 0 rings (SSSR count). The highest BCUT2D eigenvalue weighted by molar-refractivity contribution is 5.05. The van der Waals surface area contributed by atoms with Crippen molar-refractivity contribution in [3.05, 3.63) is 0 Å². The Morgan fingerprint density at radius 1 is 0.344 bits per heavy atom. The van der Waals surface area contributed by atoms with Crippen LogP contribution in [0.15, 0.2) is 0 Å². The molecular formula is C10H3F19O3. The lowest BCUT2D eigenvalue weighted by molar-refractivity contribution is -0.540. The third kappa shape index (κ3) is 4.75. The summed E-state index contributed by atoms with van der Waals surface area (Å²) in [6.07, 6.45) is -44.3. The summed E-state index contributed by atoms with van der Waals surface area (Å²) in [5.41, 5.74) is 0. The van der Waals surface area contributed by atoms with Gasteiger partial charge >= 0.3 is 54.5 Å². The van der Waals surface area contributed by atoms with E-state index in [-0.39, 0.29) is 0 Å². The highest BCUT2D eigenvalue weighted by atomic mass is 19.4. The lowest BCUT2D eigenvalue weighted by Crippen LogP contribution is -2.70. The molecule has 0 saturated carbocycles. The molecule has 0 unspecified atom stereocenters. The quantitative estimate of drug-likeness (QED) is 0.319. The summed E-state index contributed by atoms with van der Waals surface area (Å²) in [5.74, 6) is -25.5. The first-order chi connectivity index (χ1) is 13.5. The van der Waals surface area contributed by atoms with Crippen molar-refractivity contribution in [2.75, 3.05) is 7.11 Å². The summed E-state index contributed by atoms with van der Waals surface area (Å²) < 4.78 is 246. The number of halogens is 19. The van der Waals surface area contributed by atoms with E-state index in [4.69, 9.17) is 0 Å². The van der Waals surface area contributed by atoms with Crippen LogP contribution in [0.3, 0.4) is 0 Å². The van der Waals surface area contributed by atoms with E-state index in [2.05, 4.69) is 4.74 Å². The molecule has 0 fully saturated rings. The summed E-state index contributed by atoms with van der Waals surface area (Å²) in [6.45, 7) is 0. The average molecular weight is 532 g/mol. The summed E-state index contributed by atoms with van der Waals surface area (Å²) in [7, 11) is -0.435. The van der Waals surface area contributed by atoms with E-state index in [0.717, 1.165) is 4.74 Å². The van der Waals surface area contributed by atoms with Gasteiger partial charge < -0.3 is 4.74 Å². The molecule has 194 valence electrons. The number of rotatable bonds is 10. The molecule has 0 amide bonds. The van der Waals surface area contributed by atoms with Crippen molar-refractivity contribution in [1.29, 1.82) is 0 Å². The second-order valence-electron chi connectivity index (χ2n) is 5.21. The summed E-state index contributed by atoms with van der Waals surface area (Å²) in [6, 6.07) is 0. The minimum atomic E-state index is -8.59. The van der Waals surface area contributed by atoms with E-state index in [0.29, 0.717) is 0 Å². The fourth-order valence-electron chi connectivity index (χ4n) is 1.25. The van der Waals surface area contributed by atoms with Gasteiger partial charge in [-0.2, -0.15) is 83.4 Å². The molecular weight excluding hydrogens is 529 g/mol. The predicted molar refractivity (Wildman–Crippen MR) is 54.8 cm³/mol. The molecule has 0 aliphatic carbocycles. The van der Waals surface area contributed by atoms with Gasteiger partial charge in [0, 0.05) is 7.11 Å². The first kappa shape index (κ1) is 30.6. The molecule has 0 saturated heterocycles. The molecule has 0 aromatic rings. The Labute approximate surface area is 161 Å².